The van der Waals surface area contributed by atoms with Crippen LogP contribution in [0.3, 0.4) is 0 Å². The Hall–Kier alpha value is -2.06. The zero-order valence-electron chi connectivity index (χ0n) is 10.7. The molecular weight excluding hydrogens is 242 g/mol. The number of carbonyl (C=O) groups excluding carboxylic acids is 1. The topological polar surface area (TPSA) is 88.1 Å². The van der Waals surface area contributed by atoms with Crippen LogP contribution in [0.15, 0.2) is 24.3 Å². The number of rotatable bonds is 4. The molecule has 1 saturated carbocycles. The van der Waals surface area contributed by atoms with E-state index in [1.165, 1.54) is 0 Å². The molecule has 1 amide bonds. The zero-order valence-corrected chi connectivity index (χ0v) is 10.7. The molecule has 2 rings (SSSR count). The molecule has 1 aromatic rings. The summed E-state index contributed by atoms with van der Waals surface area (Å²) in [4.78, 5) is 12.1. The fourth-order valence-corrected chi connectivity index (χ4v) is 2.24. The van der Waals surface area contributed by atoms with Gasteiger partial charge in [0.25, 0.3) is 0 Å². The summed E-state index contributed by atoms with van der Waals surface area (Å²) in [6, 6.07) is 8.80. The monoisotopic (exact) mass is 259 g/mol. The number of nitrogens with two attached hydrogens (primary N) is 1. The summed E-state index contributed by atoms with van der Waals surface area (Å²) in [7, 11) is 0. The van der Waals surface area contributed by atoms with Gasteiger partial charge >= 0.3 is 0 Å². The number of nitriles is 1. The molecule has 0 bridgehead atoms. The van der Waals surface area contributed by atoms with Crippen molar-refractivity contribution in [1.29, 1.82) is 5.26 Å². The molecule has 1 aromatic carbocycles. The van der Waals surface area contributed by atoms with E-state index in [1.54, 1.807) is 24.3 Å². The van der Waals surface area contributed by atoms with Gasteiger partial charge in [0.15, 0.2) is 6.61 Å². The lowest BCUT2D eigenvalue weighted by Gasteiger charge is -2.22. The Morgan fingerprint density at radius 1 is 1.37 bits per heavy atom. The minimum atomic E-state index is -0.726. The smallest absolute Gasteiger partial charge is 0.244 e. The van der Waals surface area contributed by atoms with E-state index < -0.39 is 5.54 Å². The van der Waals surface area contributed by atoms with E-state index in [-0.39, 0.29) is 12.5 Å². The highest BCUT2D eigenvalue weighted by Gasteiger charge is 2.36. The normalized spacial score (nSPS) is 16.6. The van der Waals surface area contributed by atoms with Gasteiger partial charge in [-0.1, -0.05) is 12.8 Å². The minimum Gasteiger partial charge on any atom is -0.479 e. The highest BCUT2D eigenvalue weighted by molar-refractivity contribution is 5.98. The Morgan fingerprint density at radius 2 is 2.00 bits per heavy atom. The number of hydrogen-bond acceptors (Lipinski definition) is 4. The van der Waals surface area contributed by atoms with Crippen molar-refractivity contribution in [2.24, 2.45) is 5.73 Å². The third-order valence-corrected chi connectivity index (χ3v) is 3.36. The van der Waals surface area contributed by atoms with Gasteiger partial charge in [0.05, 0.1) is 5.54 Å². The molecule has 0 heterocycles. The predicted molar refractivity (Wildman–Crippen MR) is 71.6 cm³/mol. The van der Waals surface area contributed by atoms with E-state index >= 15 is 0 Å². The fourth-order valence-electron chi connectivity index (χ4n) is 2.24. The van der Waals surface area contributed by atoms with Gasteiger partial charge in [-0.2, -0.15) is 5.26 Å². The second-order valence-electron chi connectivity index (χ2n) is 4.79. The summed E-state index contributed by atoms with van der Waals surface area (Å²) in [6.07, 6.45) is 3.49. The average molecular weight is 259 g/mol. The van der Waals surface area contributed by atoms with Crippen LogP contribution >= 0.6 is 0 Å². The van der Waals surface area contributed by atoms with Gasteiger partial charge in [0.1, 0.15) is 11.8 Å². The van der Waals surface area contributed by atoms with E-state index in [1.807, 2.05) is 6.07 Å². The van der Waals surface area contributed by atoms with Gasteiger partial charge in [-0.3, -0.25) is 4.79 Å². The molecule has 100 valence electrons. The Labute approximate surface area is 112 Å². The molecule has 5 heteroatoms. The molecule has 5 nitrogen and oxygen atoms in total. The third-order valence-electron chi connectivity index (χ3n) is 3.36. The molecule has 1 fully saturated rings. The number of nitrogens with zero attached hydrogens (tertiary/aromatic N) is 1. The Morgan fingerprint density at radius 3 is 2.58 bits per heavy atom. The highest BCUT2D eigenvalue weighted by Crippen LogP contribution is 2.28. The van der Waals surface area contributed by atoms with Crippen LogP contribution < -0.4 is 15.8 Å². The van der Waals surface area contributed by atoms with Crippen LogP contribution in [-0.4, -0.2) is 18.1 Å². The maximum Gasteiger partial charge on any atom is 0.244 e. The molecular formula is C14H17N3O2. The van der Waals surface area contributed by atoms with Crippen molar-refractivity contribution in [3.05, 3.63) is 24.3 Å². The summed E-state index contributed by atoms with van der Waals surface area (Å²) in [5, 5.41) is 11.2. The average Bonchev–Trinajstić information content (AvgIpc) is 2.86. The van der Waals surface area contributed by atoms with Gasteiger partial charge in [0, 0.05) is 5.69 Å². The first-order valence-corrected chi connectivity index (χ1v) is 6.34. The summed E-state index contributed by atoms with van der Waals surface area (Å²) in [6.45, 7) is 0.0115. The summed E-state index contributed by atoms with van der Waals surface area (Å²) < 4.78 is 5.14. The van der Waals surface area contributed by atoms with Crippen molar-refractivity contribution < 1.29 is 9.53 Å². The van der Waals surface area contributed by atoms with Crippen LogP contribution in [-0.2, 0) is 4.79 Å². The Kier molecular flexibility index (Phi) is 4.03. The summed E-state index contributed by atoms with van der Waals surface area (Å²) in [5.41, 5.74) is 6.03. The van der Waals surface area contributed by atoms with E-state index in [9.17, 15) is 4.79 Å². The number of nitrogens with one attached hydrogen (secondary N) is 1. The third kappa shape index (κ3) is 3.24. The largest absolute Gasteiger partial charge is 0.479 e. The predicted octanol–water partition coefficient (Wildman–Crippen LogP) is 1.80. The number of ether oxygens (including phenoxy) is 1. The molecule has 0 radical (unpaired) electrons. The molecule has 0 saturated heterocycles. The van der Waals surface area contributed by atoms with Crippen LogP contribution in [0.1, 0.15) is 25.7 Å². The maximum atomic E-state index is 12.1. The standard InChI is InChI=1S/C14H17N3O2/c15-9-10-19-12-5-3-11(4-6-12)17-13(18)14(16)7-1-2-8-14/h3-6H,1-2,7-8,10,16H2,(H,17,18). The lowest BCUT2D eigenvalue weighted by atomic mass is 9.98. The van der Waals surface area contributed by atoms with Crippen molar-refractivity contribution in [2.45, 2.75) is 31.2 Å². The van der Waals surface area contributed by atoms with Crippen LogP contribution in [0, 0.1) is 11.3 Å². The zero-order chi connectivity index (χ0) is 13.7. The molecule has 1 aliphatic carbocycles. The van der Waals surface area contributed by atoms with Gasteiger partial charge in [-0.15, -0.1) is 0 Å². The van der Waals surface area contributed by atoms with Crippen LogP contribution in [0.5, 0.6) is 5.75 Å². The molecule has 19 heavy (non-hydrogen) atoms. The van der Waals surface area contributed by atoms with Crippen molar-refractivity contribution in [3.8, 4) is 11.8 Å². The van der Waals surface area contributed by atoms with Gasteiger partial charge in [0.2, 0.25) is 5.91 Å². The van der Waals surface area contributed by atoms with Crippen molar-refractivity contribution >= 4 is 11.6 Å². The SMILES string of the molecule is N#CCOc1ccc(NC(=O)C2(N)CCCC2)cc1. The lowest BCUT2D eigenvalue weighted by Crippen LogP contribution is -2.48. The molecule has 0 aliphatic heterocycles. The second kappa shape index (κ2) is 5.72. The van der Waals surface area contributed by atoms with E-state index in [0.717, 1.165) is 25.7 Å². The number of anilines is 1. The van der Waals surface area contributed by atoms with Crippen molar-refractivity contribution in [3.63, 3.8) is 0 Å². The van der Waals surface area contributed by atoms with Crippen molar-refractivity contribution in [1.82, 2.24) is 0 Å². The lowest BCUT2D eigenvalue weighted by molar-refractivity contribution is -0.121. The van der Waals surface area contributed by atoms with E-state index in [2.05, 4.69) is 5.32 Å². The number of carbonyl (C=O) groups is 1. The first-order valence-electron chi connectivity index (χ1n) is 6.34. The fraction of sp³-hybridized carbons (Fsp3) is 0.429. The molecule has 0 aromatic heterocycles. The highest BCUT2D eigenvalue weighted by atomic mass is 16.5. The number of amides is 1. The van der Waals surface area contributed by atoms with Crippen molar-refractivity contribution in [2.75, 3.05) is 11.9 Å². The van der Waals surface area contributed by atoms with Crippen LogP contribution in [0.25, 0.3) is 0 Å². The maximum absolute atomic E-state index is 12.1. The van der Waals surface area contributed by atoms with E-state index in [4.69, 9.17) is 15.7 Å². The molecule has 0 unspecified atom stereocenters. The van der Waals surface area contributed by atoms with E-state index in [0.29, 0.717) is 11.4 Å². The van der Waals surface area contributed by atoms with Gasteiger partial charge in [-0.05, 0) is 37.1 Å². The first-order chi connectivity index (χ1) is 9.14. The van der Waals surface area contributed by atoms with Crippen LogP contribution in [0.4, 0.5) is 5.69 Å². The van der Waals surface area contributed by atoms with Gasteiger partial charge < -0.3 is 15.8 Å². The first kappa shape index (κ1) is 13.4. The number of benzene rings is 1. The Bertz CT molecular complexity index is 484. The summed E-state index contributed by atoms with van der Waals surface area (Å²) >= 11 is 0. The van der Waals surface area contributed by atoms with Crippen LogP contribution in [0.2, 0.25) is 0 Å². The molecule has 0 atom stereocenters. The van der Waals surface area contributed by atoms with Gasteiger partial charge in [-0.25, -0.2) is 0 Å². The molecule has 0 spiro atoms. The quantitative estimate of drug-likeness (QED) is 0.863. The molecule has 3 N–H and O–H groups in total. The number of hydrogen-bond donors (Lipinski definition) is 2. The molecule has 1 aliphatic rings. The minimum absolute atomic E-state index is 0.0115. The Balaban J connectivity index is 1.96. The second-order valence-corrected chi connectivity index (χ2v) is 4.79. The summed E-state index contributed by atoms with van der Waals surface area (Å²) in [5.74, 6) is 0.471.